The van der Waals surface area contributed by atoms with Crippen LogP contribution in [-0.2, 0) is 11.3 Å². The summed E-state index contributed by atoms with van der Waals surface area (Å²) >= 11 is 0. The molecule has 7 nitrogen and oxygen atoms in total. The lowest BCUT2D eigenvalue weighted by Gasteiger charge is -2.08. The number of carbonyl (C=O) groups excluding carboxylic acids is 1. The lowest BCUT2D eigenvalue weighted by atomic mass is 10.2. The standard InChI is InChI=1S/C18H17FN4O3/c1-11(2)17-21-22-18(26-17)12-7-8-16(25)23(9-12)10-15(24)20-14-6-4-3-5-13(14)19/h3-9,11H,10H2,1-2H3,(H,20,24). The topological polar surface area (TPSA) is 90.0 Å². The van der Waals surface area contributed by atoms with E-state index in [1.165, 1.54) is 35.0 Å². The first kappa shape index (κ1) is 17.5. The normalized spacial score (nSPS) is 10.9. The largest absolute Gasteiger partial charge is 0.420 e. The number of aromatic nitrogens is 3. The van der Waals surface area contributed by atoms with Gasteiger partial charge in [-0.2, -0.15) is 0 Å². The lowest BCUT2D eigenvalue weighted by molar-refractivity contribution is -0.116. The molecule has 0 bridgehead atoms. The van der Waals surface area contributed by atoms with Gasteiger partial charge in [-0.15, -0.1) is 10.2 Å². The number of nitrogens with one attached hydrogen (secondary N) is 1. The highest BCUT2D eigenvalue weighted by Crippen LogP contribution is 2.20. The van der Waals surface area contributed by atoms with Crippen LogP contribution in [0, 0.1) is 5.82 Å². The molecule has 8 heteroatoms. The van der Waals surface area contributed by atoms with Crippen LogP contribution in [-0.4, -0.2) is 20.7 Å². The van der Waals surface area contributed by atoms with Crippen molar-refractivity contribution >= 4 is 11.6 Å². The zero-order valence-electron chi connectivity index (χ0n) is 14.3. The molecule has 0 atom stereocenters. The SMILES string of the molecule is CC(C)c1nnc(-c2ccc(=O)n(CC(=O)Nc3ccccc3F)c2)o1. The summed E-state index contributed by atoms with van der Waals surface area (Å²) in [6, 6.07) is 8.67. The van der Waals surface area contributed by atoms with E-state index in [0.29, 0.717) is 11.5 Å². The van der Waals surface area contributed by atoms with Gasteiger partial charge in [0.1, 0.15) is 12.4 Å². The van der Waals surface area contributed by atoms with Crippen LogP contribution in [0.4, 0.5) is 10.1 Å². The van der Waals surface area contributed by atoms with E-state index in [2.05, 4.69) is 15.5 Å². The van der Waals surface area contributed by atoms with E-state index in [-0.39, 0.29) is 29.6 Å². The summed E-state index contributed by atoms with van der Waals surface area (Å²) < 4.78 is 20.4. The van der Waals surface area contributed by atoms with Gasteiger partial charge in [0.15, 0.2) is 0 Å². The number of hydrogen-bond acceptors (Lipinski definition) is 5. The lowest BCUT2D eigenvalue weighted by Crippen LogP contribution is -2.27. The quantitative estimate of drug-likeness (QED) is 0.759. The molecule has 0 aliphatic carbocycles. The van der Waals surface area contributed by atoms with E-state index in [1.54, 1.807) is 12.1 Å². The minimum atomic E-state index is -0.547. The van der Waals surface area contributed by atoms with Crippen molar-refractivity contribution < 1.29 is 13.6 Å². The molecule has 0 spiro atoms. The Labute approximate surface area is 148 Å². The van der Waals surface area contributed by atoms with Gasteiger partial charge in [0.05, 0.1) is 11.3 Å². The number of halogens is 1. The second kappa shape index (κ2) is 7.30. The zero-order valence-corrected chi connectivity index (χ0v) is 14.3. The Morgan fingerprint density at radius 3 is 2.69 bits per heavy atom. The predicted octanol–water partition coefficient (Wildman–Crippen LogP) is 2.80. The van der Waals surface area contributed by atoms with Gasteiger partial charge in [0.2, 0.25) is 17.7 Å². The maximum Gasteiger partial charge on any atom is 0.251 e. The van der Waals surface area contributed by atoms with Crippen molar-refractivity contribution in [3.05, 3.63) is 64.7 Å². The number of benzene rings is 1. The zero-order chi connectivity index (χ0) is 18.7. The van der Waals surface area contributed by atoms with Crippen molar-refractivity contribution in [2.75, 3.05) is 5.32 Å². The molecule has 0 saturated carbocycles. The third-order valence-electron chi connectivity index (χ3n) is 3.63. The van der Waals surface area contributed by atoms with Crippen LogP contribution < -0.4 is 10.9 Å². The molecule has 2 aromatic heterocycles. The number of nitrogens with zero attached hydrogens (tertiary/aromatic N) is 3. The van der Waals surface area contributed by atoms with Crippen LogP contribution in [0.3, 0.4) is 0 Å². The fourth-order valence-electron chi connectivity index (χ4n) is 2.27. The predicted molar refractivity (Wildman–Crippen MR) is 93.1 cm³/mol. The molecule has 0 fully saturated rings. The third kappa shape index (κ3) is 3.85. The van der Waals surface area contributed by atoms with E-state index in [0.717, 1.165) is 0 Å². The molecule has 1 N–H and O–H groups in total. The molecule has 0 aliphatic rings. The molecular weight excluding hydrogens is 339 g/mol. The summed E-state index contributed by atoms with van der Waals surface area (Å²) in [5, 5.41) is 10.3. The molecule has 1 aromatic carbocycles. The molecule has 3 aromatic rings. The third-order valence-corrected chi connectivity index (χ3v) is 3.63. The van der Waals surface area contributed by atoms with Crippen LogP contribution in [0.1, 0.15) is 25.7 Å². The maximum absolute atomic E-state index is 13.6. The van der Waals surface area contributed by atoms with Crippen molar-refractivity contribution in [2.45, 2.75) is 26.3 Å². The second-order valence-corrected chi connectivity index (χ2v) is 6.01. The number of hydrogen-bond donors (Lipinski definition) is 1. The number of pyridine rings is 1. The first-order valence-corrected chi connectivity index (χ1v) is 8.02. The van der Waals surface area contributed by atoms with Gasteiger partial charge in [-0.05, 0) is 18.2 Å². The Balaban J connectivity index is 1.80. The highest BCUT2D eigenvalue weighted by Gasteiger charge is 2.14. The maximum atomic E-state index is 13.6. The number of para-hydroxylation sites is 1. The molecule has 0 unspecified atom stereocenters. The highest BCUT2D eigenvalue weighted by atomic mass is 19.1. The second-order valence-electron chi connectivity index (χ2n) is 6.01. The number of anilines is 1. The molecule has 1 amide bonds. The Morgan fingerprint density at radius 2 is 2.00 bits per heavy atom. The van der Waals surface area contributed by atoms with E-state index in [4.69, 9.17) is 4.42 Å². The fourth-order valence-corrected chi connectivity index (χ4v) is 2.27. The number of carbonyl (C=O) groups is 1. The summed E-state index contributed by atoms with van der Waals surface area (Å²) in [5.41, 5.74) is 0.198. The molecule has 2 heterocycles. The molecule has 0 aliphatic heterocycles. The van der Waals surface area contributed by atoms with Gasteiger partial charge < -0.3 is 14.3 Å². The van der Waals surface area contributed by atoms with Crippen LogP contribution in [0.25, 0.3) is 11.5 Å². The minimum Gasteiger partial charge on any atom is -0.420 e. The van der Waals surface area contributed by atoms with Gasteiger partial charge >= 0.3 is 0 Å². The van der Waals surface area contributed by atoms with Gasteiger partial charge in [0.25, 0.3) is 5.56 Å². The Morgan fingerprint density at radius 1 is 1.23 bits per heavy atom. The molecule has 3 rings (SSSR count). The van der Waals surface area contributed by atoms with Crippen molar-refractivity contribution in [3.8, 4) is 11.5 Å². The Kier molecular flexibility index (Phi) is 4.92. The van der Waals surface area contributed by atoms with Gasteiger partial charge in [-0.25, -0.2) is 4.39 Å². The molecule has 0 radical (unpaired) electrons. The summed E-state index contributed by atoms with van der Waals surface area (Å²) in [6.07, 6.45) is 1.46. The van der Waals surface area contributed by atoms with Gasteiger partial charge in [0, 0.05) is 18.2 Å². The summed E-state index contributed by atoms with van der Waals surface area (Å²) in [6.45, 7) is 3.57. The fraction of sp³-hybridized carbons (Fsp3) is 0.222. The first-order valence-electron chi connectivity index (χ1n) is 8.02. The van der Waals surface area contributed by atoms with Gasteiger partial charge in [-0.3, -0.25) is 9.59 Å². The van der Waals surface area contributed by atoms with Crippen LogP contribution in [0.2, 0.25) is 0 Å². The van der Waals surface area contributed by atoms with Crippen LogP contribution >= 0.6 is 0 Å². The first-order chi connectivity index (χ1) is 12.4. The number of rotatable bonds is 5. The monoisotopic (exact) mass is 356 g/mol. The van der Waals surface area contributed by atoms with E-state index in [9.17, 15) is 14.0 Å². The summed E-state index contributed by atoms with van der Waals surface area (Å²) in [7, 11) is 0. The summed E-state index contributed by atoms with van der Waals surface area (Å²) in [5.74, 6) is -0.252. The van der Waals surface area contributed by atoms with Crippen molar-refractivity contribution in [2.24, 2.45) is 0 Å². The van der Waals surface area contributed by atoms with Crippen LogP contribution in [0.5, 0.6) is 0 Å². The van der Waals surface area contributed by atoms with E-state index >= 15 is 0 Å². The average Bonchev–Trinajstić information content (AvgIpc) is 3.09. The Hall–Kier alpha value is -3.29. The summed E-state index contributed by atoms with van der Waals surface area (Å²) in [4.78, 5) is 24.2. The minimum absolute atomic E-state index is 0.0557. The van der Waals surface area contributed by atoms with Crippen molar-refractivity contribution in [3.63, 3.8) is 0 Å². The van der Waals surface area contributed by atoms with E-state index in [1.807, 2.05) is 13.8 Å². The van der Waals surface area contributed by atoms with E-state index < -0.39 is 11.7 Å². The molecule has 134 valence electrons. The van der Waals surface area contributed by atoms with Crippen molar-refractivity contribution in [1.82, 2.24) is 14.8 Å². The average molecular weight is 356 g/mol. The molecular formula is C18H17FN4O3. The molecule has 0 saturated heterocycles. The van der Waals surface area contributed by atoms with Crippen LogP contribution in [0.15, 0.2) is 51.8 Å². The van der Waals surface area contributed by atoms with Crippen molar-refractivity contribution in [1.29, 1.82) is 0 Å². The molecule has 26 heavy (non-hydrogen) atoms. The number of amides is 1. The van der Waals surface area contributed by atoms with Gasteiger partial charge in [-0.1, -0.05) is 26.0 Å². The smallest absolute Gasteiger partial charge is 0.251 e. The highest BCUT2D eigenvalue weighted by molar-refractivity contribution is 5.90. The Bertz CT molecular complexity index is 994.